The monoisotopic (exact) mass is 139 g/mol. The van der Waals surface area contributed by atoms with E-state index in [1.165, 1.54) is 0 Å². The summed E-state index contributed by atoms with van der Waals surface area (Å²) in [7, 11) is 1.55. The summed E-state index contributed by atoms with van der Waals surface area (Å²) in [5.41, 5.74) is 0. The van der Waals surface area contributed by atoms with E-state index in [4.69, 9.17) is 0 Å². The van der Waals surface area contributed by atoms with Crippen molar-refractivity contribution in [3.8, 4) is 0 Å². The second-order valence-electron chi connectivity index (χ2n) is 2.28. The molecular weight excluding hydrogens is 131 g/mol. The van der Waals surface area contributed by atoms with E-state index in [-0.39, 0.29) is 12.5 Å². The summed E-state index contributed by atoms with van der Waals surface area (Å²) in [6, 6.07) is -0.315. The summed E-state index contributed by atoms with van der Waals surface area (Å²) >= 11 is 0. The fraction of sp³-hybridized carbons (Fsp3) is 1.00. The summed E-state index contributed by atoms with van der Waals surface area (Å²) in [5.74, 6) is -1.08. The Balaban J connectivity index is 2.33. The quantitative estimate of drug-likeness (QED) is 0.574. The standard InChI is InChI=1S/C5H8F3N/c1-9-4-2-3(4)5(6,7)8/h3-4,9H,2H2,1H3/t3-,4-/m1/s1. The molecule has 54 valence electrons. The molecule has 9 heavy (non-hydrogen) atoms. The molecule has 1 nitrogen and oxygen atoms in total. The predicted octanol–water partition coefficient (Wildman–Crippen LogP) is 1.16. The molecule has 1 aliphatic rings. The first kappa shape index (κ1) is 6.86. The van der Waals surface area contributed by atoms with Gasteiger partial charge in [0.15, 0.2) is 0 Å². The normalized spacial score (nSPS) is 34.7. The Labute approximate surface area is 51.2 Å². The molecule has 4 heteroatoms. The Morgan fingerprint density at radius 3 is 2.11 bits per heavy atom. The van der Waals surface area contributed by atoms with E-state index in [1.807, 2.05) is 0 Å². The maximum Gasteiger partial charge on any atom is 0.393 e. The van der Waals surface area contributed by atoms with Crippen molar-refractivity contribution in [3.63, 3.8) is 0 Å². The van der Waals surface area contributed by atoms with Crippen LogP contribution in [0, 0.1) is 5.92 Å². The van der Waals surface area contributed by atoms with Gasteiger partial charge >= 0.3 is 6.18 Å². The van der Waals surface area contributed by atoms with Crippen LogP contribution in [0.25, 0.3) is 0 Å². The molecule has 1 aliphatic carbocycles. The lowest BCUT2D eigenvalue weighted by atomic mass is 10.4. The van der Waals surface area contributed by atoms with E-state index >= 15 is 0 Å². The van der Waals surface area contributed by atoms with Crippen LogP contribution < -0.4 is 5.32 Å². The Hall–Kier alpha value is -0.250. The van der Waals surface area contributed by atoms with Gasteiger partial charge in [-0.25, -0.2) is 0 Å². The summed E-state index contributed by atoms with van der Waals surface area (Å²) < 4.78 is 34.9. The average molecular weight is 139 g/mol. The number of nitrogens with one attached hydrogen (secondary N) is 1. The summed E-state index contributed by atoms with van der Waals surface area (Å²) in [6.45, 7) is 0. The molecule has 0 bridgehead atoms. The van der Waals surface area contributed by atoms with Gasteiger partial charge in [-0.2, -0.15) is 13.2 Å². The Morgan fingerprint density at radius 1 is 1.44 bits per heavy atom. The number of hydrogen-bond acceptors (Lipinski definition) is 1. The molecule has 0 heterocycles. The molecule has 2 atom stereocenters. The van der Waals surface area contributed by atoms with Gasteiger partial charge in [-0.15, -0.1) is 0 Å². The van der Waals surface area contributed by atoms with Crippen LogP contribution in [0.4, 0.5) is 13.2 Å². The molecule has 0 radical (unpaired) electrons. The van der Waals surface area contributed by atoms with Gasteiger partial charge in [0.2, 0.25) is 0 Å². The molecule has 0 spiro atoms. The maximum atomic E-state index is 11.6. The molecule has 0 unspecified atom stereocenters. The molecule has 0 aliphatic heterocycles. The van der Waals surface area contributed by atoms with Crippen molar-refractivity contribution < 1.29 is 13.2 Å². The Morgan fingerprint density at radius 2 is 2.00 bits per heavy atom. The van der Waals surface area contributed by atoms with E-state index in [0.717, 1.165) is 0 Å². The molecule has 0 aromatic heterocycles. The summed E-state index contributed by atoms with van der Waals surface area (Å²) in [6.07, 6.45) is -3.73. The summed E-state index contributed by atoms with van der Waals surface area (Å²) in [4.78, 5) is 0. The molecule has 0 amide bonds. The average Bonchev–Trinajstić information content (AvgIpc) is 2.39. The van der Waals surface area contributed by atoms with E-state index in [0.29, 0.717) is 0 Å². The van der Waals surface area contributed by atoms with Crippen LogP contribution in [0.3, 0.4) is 0 Å². The minimum atomic E-state index is -3.98. The summed E-state index contributed by atoms with van der Waals surface area (Å²) in [5, 5.41) is 2.58. The van der Waals surface area contributed by atoms with Crippen molar-refractivity contribution >= 4 is 0 Å². The van der Waals surface area contributed by atoms with E-state index in [1.54, 1.807) is 7.05 Å². The van der Waals surface area contributed by atoms with E-state index < -0.39 is 12.1 Å². The fourth-order valence-electron chi connectivity index (χ4n) is 0.876. The fourth-order valence-corrected chi connectivity index (χ4v) is 0.876. The third-order valence-corrected chi connectivity index (χ3v) is 1.58. The highest BCUT2D eigenvalue weighted by molar-refractivity contribution is 4.96. The predicted molar refractivity (Wildman–Crippen MR) is 27.0 cm³/mol. The van der Waals surface area contributed by atoms with Crippen LogP contribution >= 0.6 is 0 Å². The highest BCUT2D eigenvalue weighted by atomic mass is 19.4. The number of hydrogen-bond donors (Lipinski definition) is 1. The molecule has 0 aromatic carbocycles. The molecule has 1 saturated carbocycles. The van der Waals surface area contributed by atoms with Crippen molar-refractivity contribution in [2.75, 3.05) is 7.05 Å². The second-order valence-corrected chi connectivity index (χ2v) is 2.28. The zero-order valence-electron chi connectivity index (χ0n) is 5.00. The molecule has 1 fully saturated rings. The van der Waals surface area contributed by atoms with Crippen LogP contribution in [-0.2, 0) is 0 Å². The van der Waals surface area contributed by atoms with Gasteiger partial charge in [-0.3, -0.25) is 0 Å². The van der Waals surface area contributed by atoms with Gasteiger partial charge in [0.25, 0.3) is 0 Å². The first-order valence-corrected chi connectivity index (χ1v) is 2.79. The number of halogens is 3. The number of rotatable bonds is 1. The Bertz CT molecular complexity index is 109. The van der Waals surface area contributed by atoms with Gasteiger partial charge in [0.05, 0.1) is 5.92 Å². The molecule has 0 aromatic rings. The zero-order valence-corrected chi connectivity index (χ0v) is 5.00. The topological polar surface area (TPSA) is 12.0 Å². The van der Waals surface area contributed by atoms with Gasteiger partial charge in [0, 0.05) is 6.04 Å². The maximum absolute atomic E-state index is 11.6. The first-order chi connectivity index (χ1) is 4.05. The van der Waals surface area contributed by atoms with Crippen molar-refractivity contribution in [2.24, 2.45) is 5.92 Å². The first-order valence-electron chi connectivity index (χ1n) is 2.79. The molecule has 1 rings (SSSR count). The smallest absolute Gasteiger partial charge is 0.316 e. The largest absolute Gasteiger partial charge is 0.393 e. The zero-order chi connectivity index (χ0) is 7.07. The van der Waals surface area contributed by atoms with Gasteiger partial charge in [0.1, 0.15) is 0 Å². The van der Waals surface area contributed by atoms with Crippen LogP contribution in [0.15, 0.2) is 0 Å². The van der Waals surface area contributed by atoms with Crippen molar-refractivity contribution in [1.82, 2.24) is 5.32 Å². The lowest BCUT2D eigenvalue weighted by Crippen LogP contribution is -2.20. The van der Waals surface area contributed by atoms with Crippen LogP contribution in [0.5, 0.6) is 0 Å². The van der Waals surface area contributed by atoms with Crippen molar-refractivity contribution in [2.45, 2.75) is 18.6 Å². The van der Waals surface area contributed by atoms with Crippen LogP contribution in [0.2, 0.25) is 0 Å². The van der Waals surface area contributed by atoms with Crippen LogP contribution in [0.1, 0.15) is 6.42 Å². The van der Waals surface area contributed by atoms with Crippen molar-refractivity contribution in [3.05, 3.63) is 0 Å². The third-order valence-electron chi connectivity index (χ3n) is 1.58. The molecule has 1 N–H and O–H groups in total. The highest BCUT2D eigenvalue weighted by Crippen LogP contribution is 2.44. The van der Waals surface area contributed by atoms with Gasteiger partial charge in [-0.05, 0) is 13.5 Å². The molecular formula is C5H8F3N. The minimum absolute atomic E-state index is 0.250. The SMILES string of the molecule is CN[C@@H]1C[C@H]1C(F)(F)F. The van der Waals surface area contributed by atoms with Crippen LogP contribution in [-0.4, -0.2) is 19.3 Å². The minimum Gasteiger partial charge on any atom is -0.316 e. The lowest BCUT2D eigenvalue weighted by molar-refractivity contribution is -0.149. The van der Waals surface area contributed by atoms with Gasteiger partial charge < -0.3 is 5.32 Å². The van der Waals surface area contributed by atoms with E-state index in [2.05, 4.69) is 5.32 Å². The highest BCUT2D eigenvalue weighted by Gasteiger charge is 2.54. The van der Waals surface area contributed by atoms with Crippen molar-refractivity contribution in [1.29, 1.82) is 0 Å². The number of alkyl halides is 3. The lowest BCUT2D eigenvalue weighted by Gasteiger charge is -2.02. The Kier molecular flexibility index (Phi) is 1.42. The third kappa shape index (κ3) is 1.36. The van der Waals surface area contributed by atoms with Gasteiger partial charge in [-0.1, -0.05) is 0 Å². The molecule has 0 saturated heterocycles. The second kappa shape index (κ2) is 1.87. The van der Waals surface area contributed by atoms with E-state index in [9.17, 15) is 13.2 Å².